The van der Waals surface area contributed by atoms with Crippen LogP contribution in [0, 0.1) is 17.8 Å². The summed E-state index contributed by atoms with van der Waals surface area (Å²) < 4.78 is 34.1. The van der Waals surface area contributed by atoms with Crippen molar-refractivity contribution in [3.63, 3.8) is 0 Å². The molecule has 4 bridgehead atoms. The summed E-state index contributed by atoms with van der Waals surface area (Å²) in [7, 11) is -4.34. The SMILES string of the molecule is CCOC(=O)c1c(/C=C(\Cl)C(=O)NC23CC4CC(CC(C4)C2)C3)c2c(Cl)cc(Cl)cc2n1S(=O)(=O)c1ccccc1. The van der Waals surface area contributed by atoms with Gasteiger partial charge in [-0.3, -0.25) is 4.79 Å². The van der Waals surface area contributed by atoms with E-state index in [4.69, 9.17) is 39.5 Å². The third-order valence-corrected chi connectivity index (χ3v) is 11.2. The van der Waals surface area contributed by atoms with Gasteiger partial charge in [0.25, 0.3) is 15.9 Å². The highest BCUT2D eigenvalue weighted by atomic mass is 35.5. The molecule has 0 aliphatic heterocycles. The molecule has 41 heavy (non-hydrogen) atoms. The Kier molecular flexibility index (Phi) is 7.42. The number of halogens is 3. The molecule has 4 saturated carbocycles. The van der Waals surface area contributed by atoms with Crippen LogP contribution in [0.5, 0.6) is 0 Å². The molecule has 0 spiro atoms. The lowest BCUT2D eigenvalue weighted by Gasteiger charge is -2.56. The van der Waals surface area contributed by atoms with Crippen LogP contribution >= 0.6 is 34.8 Å². The zero-order valence-electron chi connectivity index (χ0n) is 22.3. The van der Waals surface area contributed by atoms with E-state index in [0.29, 0.717) is 17.8 Å². The van der Waals surface area contributed by atoms with Crippen molar-refractivity contribution in [2.75, 3.05) is 6.61 Å². The Morgan fingerprint density at radius 1 is 1.05 bits per heavy atom. The topological polar surface area (TPSA) is 94.5 Å². The van der Waals surface area contributed by atoms with Crippen LogP contribution in [-0.4, -0.2) is 36.4 Å². The van der Waals surface area contributed by atoms with E-state index in [-0.39, 0.29) is 54.3 Å². The third kappa shape index (κ3) is 5.07. The predicted molar refractivity (Wildman–Crippen MR) is 160 cm³/mol. The molecule has 3 aromatic rings. The van der Waals surface area contributed by atoms with E-state index in [1.807, 2.05) is 0 Å². The first kappa shape index (κ1) is 28.6. The van der Waals surface area contributed by atoms with Crippen molar-refractivity contribution in [3.05, 3.63) is 68.8 Å². The first-order valence-electron chi connectivity index (χ1n) is 13.7. The van der Waals surface area contributed by atoms with Crippen molar-refractivity contribution in [1.82, 2.24) is 9.29 Å². The van der Waals surface area contributed by atoms with Crippen LogP contribution in [0.1, 0.15) is 61.5 Å². The zero-order valence-corrected chi connectivity index (χ0v) is 25.4. The fourth-order valence-electron chi connectivity index (χ4n) is 7.57. The van der Waals surface area contributed by atoms with Crippen LogP contribution in [0.3, 0.4) is 0 Å². The van der Waals surface area contributed by atoms with Crippen LogP contribution in [0.15, 0.2) is 52.4 Å². The number of nitrogens with one attached hydrogen (secondary N) is 1. The Labute approximate surface area is 253 Å². The Bertz CT molecular complexity index is 1660. The number of aromatic nitrogens is 1. The van der Waals surface area contributed by atoms with Crippen LogP contribution in [-0.2, 0) is 19.6 Å². The van der Waals surface area contributed by atoms with Gasteiger partial charge in [-0.15, -0.1) is 0 Å². The second-order valence-corrected chi connectivity index (χ2v) is 14.5. The fraction of sp³-hybridized carbons (Fsp3) is 0.400. The normalized spacial score (nSPS) is 25.5. The van der Waals surface area contributed by atoms with E-state index in [0.717, 1.165) is 23.2 Å². The monoisotopic (exact) mass is 634 g/mol. The molecule has 4 aliphatic carbocycles. The van der Waals surface area contributed by atoms with Crippen LogP contribution < -0.4 is 5.32 Å². The van der Waals surface area contributed by atoms with Crippen LogP contribution in [0.25, 0.3) is 17.0 Å². The largest absolute Gasteiger partial charge is 0.461 e. The Morgan fingerprint density at radius 2 is 1.66 bits per heavy atom. The molecule has 4 aliphatic rings. The number of carbonyl (C=O) groups excluding carboxylic acids is 2. The van der Waals surface area contributed by atoms with E-state index in [2.05, 4.69) is 5.32 Å². The molecule has 0 atom stereocenters. The summed E-state index contributed by atoms with van der Waals surface area (Å²) in [5, 5.41) is 3.50. The average Bonchev–Trinajstić information content (AvgIpc) is 3.23. The van der Waals surface area contributed by atoms with Crippen molar-refractivity contribution in [3.8, 4) is 0 Å². The fourth-order valence-corrected chi connectivity index (χ4v) is 9.84. The van der Waals surface area contributed by atoms with E-state index < -0.39 is 21.9 Å². The second kappa shape index (κ2) is 10.6. The van der Waals surface area contributed by atoms with Gasteiger partial charge in [0.15, 0.2) is 5.69 Å². The number of carbonyl (C=O) groups is 2. The summed E-state index contributed by atoms with van der Waals surface area (Å²) in [6.45, 7) is 1.60. The Balaban J connectivity index is 1.50. The van der Waals surface area contributed by atoms with Crippen LogP contribution in [0.2, 0.25) is 10.0 Å². The smallest absolute Gasteiger partial charge is 0.356 e. The Hall–Kier alpha value is -2.52. The van der Waals surface area contributed by atoms with Gasteiger partial charge in [-0.25, -0.2) is 17.2 Å². The van der Waals surface area contributed by atoms with E-state index >= 15 is 0 Å². The van der Waals surface area contributed by atoms with Gasteiger partial charge in [0.2, 0.25) is 0 Å². The summed E-state index contributed by atoms with van der Waals surface area (Å²) in [6.07, 6.45) is 7.77. The average molecular weight is 636 g/mol. The lowest BCUT2D eigenvalue weighted by atomic mass is 9.53. The lowest BCUT2D eigenvalue weighted by Crippen LogP contribution is -2.59. The lowest BCUT2D eigenvalue weighted by molar-refractivity contribution is -0.122. The van der Waals surface area contributed by atoms with Crippen molar-refractivity contribution < 1.29 is 22.7 Å². The van der Waals surface area contributed by atoms with Gasteiger partial charge in [-0.1, -0.05) is 53.0 Å². The third-order valence-electron chi connectivity index (χ3n) is 8.64. The highest BCUT2D eigenvalue weighted by Crippen LogP contribution is 2.55. The van der Waals surface area contributed by atoms with Gasteiger partial charge in [-0.2, -0.15) is 0 Å². The highest BCUT2D eigenvalue weighted by Gasteiger charge is 2.51. The van der Waals surface area contributed by atoms with E-state index in [9.17, 15) is 18.0 Å². The maximum Gasteiger partial charge on any atom is 0.356 e. The molecule has 0 saturated heterocycles. The van der Waals surface area contributed by atoms with Gasteiger partial charge in [-0.05, 0) is 93.5 Å². The van der Waals surface area contributed by atoms with Gasteiger partial charge >= 0.3 is 5.97 Å². The molecule has 11 heteroatoms. The zero-order chi connectivity index (χ0) is 29.1. The van der Waals surface area contributed by atoms with E-state index in [1.54, 1.807) is 25.1 Å². The minimum absolute atomic E-state index is 0.0103. The van der Waals surface area contributed by atoms with Crippen molar-refractivity contribution >= 4 is 73.7 Å². The molecule has 1 heterocycles. The molecule has 1 N–H and O–H groups in total. The molecular weight excluding hydrogens is 607 g/mol. The number of hydrogen-bond acceptors (Lipinski definition) is 5. The summed E-state index contributed by atoms with van der Waals surface area (Å²) in [5.74, 6) is 0.464. The molecule has 1 aromatic heterocycles. The molecule has 4 fully saturated rings. The van der Waals surface area contributed by atoms with Crippen LogP contribution in [0.4, 0.5) is 0 Å². The standard InChI is InChI=1S/C30H29Cl3N2O5S/c1-2-40-29(37)27-22(13-24(33)28(36)34-30-14-17-8-18(15-30)10-19(9-17)16-30)26-23(32)11-20(31)12-25(26)35(27)41(38,39)21-6-4-3-5-7-21/h3-7,11-13,17-19H,2,8-10,14-16H2,1H3,(H,34,36)/b24-13-. The molecule has 216 valence electrons. The molecular formula is C30H29Cl3N2O5S. The predicted octanol–water partition coefficient (Wildman–Crippen LogP) is 7.03. The first-order chi connectivity index (χ1) is 19.5. The van der Waals surface area contributed by atoms with Crippen molar-refractivity contribution in [2.24, 2.45) is 17.8 Å². The molecule has 2 aromatic carbocycles. The number of fused-ring (bicyclic) bond motifs is 1. The van der Waals surface area contributed by atoms with Gasteiger partial charge in [0.1, 0.15) is 5.03 Å². The second-order valence-electron chi connectivity index (χ2n) is 11.5. The van der Waals surface area contributed by atoms with Crippen molar-refractivity contribution in [2.45, 2.75) is 55.9 Å². The Morgan fingerprint density at radius 3 is 2.24 bits per heavy atom. The quantitative estimate of drug-likeness (QED) is 0.222. The minimum atomic E-state index is -4.34. The molecule has 7 rings (SSSR count). The summed E-state index contributed by atoms with van der Waals surface area (Å²) in [6, 6.07) is 10.5. The number of esters is 1. The number of amides is 1. The number of hydrogen-bond donors (Lipinski definition) is 1. The maximum atomic E-state index is 14.0. The highest BCUT2D eigenvalue weighted by molar-refractivity contribution is 7.90. The van der Waals surface area contributed by atoms with Gasteiger partial charge in [0.05, 0.1) is 22.0 Å². The van der Waals surface area contributed by atoms with Crippen molar-refractivity contribution in [1.29, 1.82) is 0 Å². The first-order valence-corrected chi connectivity index (χ1v) is 16.3. The number of benzene rings is 2. The molecule has 0 unspecified atom stereocenters. The maximum absolute atomic E-state index is 14.0. The van der Waals surface area contributed by atoms with E-state index in [1.165, 1.54) is 49.6 Å². The number of ether oxygens (including phenoxy) is 1. The minimum Gasteiger partial charge on any atom is -0.461 e. The van der Waals surface area contributed by atoms with Gasteiger partial charge < -0.3 is 10.1 Å². The molecule has 7 nitrogen and oxygen atoms in total. The summed E-state index contributed by atoms with van der Waals surface area (Å²) in [5.41, 5.74) is -0.493. The summed E-state index contributed by atoms with van der Waals surface area (Å²) >= 11 is 19.6. The molecule has 0 radical (unpaired) electrons. The number of rotatable bonds is 7. The molecule has 1 amide bonds. The van der Waals surface area contributed by atoms with Gasteiger partial charge in [0, 0.05) is 21.5 Å². The summed E-state index contributed by atoms with van der Waals surface area (Å²) in [4.78, 5) is 26.9. The number of nitrogens with zero attached hydrogens (tertiary/aromatic N) is 1.